The molecule has 1 aliphatic heterocycles. The molecule has 0 amide bonds. The van der Waals surface area contributed by atoms with Crippen LogP contribution in [0.5, 0.6) is 0 Å². The van der Waals surface area contributed by atoms with Crippen molar-refractivity contribution < 1.29 is 9.53 Å². The van der Waals surface area contributed by atoms with Gasteiger partial charge in [-0.3, -0.25) is 0 Å². The quantitative estimate of drug-likeness (QED) is 0.586. The van der Waals surface area contributed by atoms with Crippen molar-refractivity contribution >= 4 is 5.97 Å². The molecule has 0 unspecified atom stereocenters. The van der Waals surface area contributed by atoms with E-state index < -0.39 is 22.9 Å². The van der Waals surface area contributed by atoms with Crippen molar-refractivity contribution in [3.05, 3.63) is 63.5 Å². The van der Waals surface area contributed by atoms with Crippen LogP contribution in [0.15, 0.2) is 52.1 Å². The normalized spacial score (nSPS) is 24.5. The lowest BCUT2D eigenvalue weighted by Crippen LogP contribution is -2.45. The number of ether oxygens (including phenoxy) is 1. The molecule has 22 heavy (non-hydrogen) atoms. The van der Waals surface area contributed by atoms with Gasteiger partial charge in [0.2, 0.25) is 0 Å². The Morgan fingerprint density at radius 3 is 2.64 bits per heavy atom. The van der Waals surface area contributed by atoms with Gasteiger partial charge in [-0.05, 0) is 18.2 Å². The molecule has 1 aliphatic carbocycles. The third kappa shape index (κ3) is 1.33. The van der Waals surface area contributed by atoms with E-state index >= 15 is 0 Å². The monoisotopic (exact) mass is 299 g/mol. The maximum absolute atomic E-state index is 12.8. The minimum atomic E-state index is -1.21. The van der Waals surface area contributed by atoms with Gasteiger partial charge in [0.05, 0.1) is 18.8 Å². The maximum atomic E-state index is 12.8. The number of fused-ring (bicyclic) bond motifs is 5. The third-order valence-corrected chi connectivity index (χ3v) is 4.34. The van der Waals surface area contributed by atoms with Gasteiger partial charge in [0.1, 0.15) is 0 Å². The van der Waals surface area contributed by atoms with Crippen molar-refractivity contribution in [1.29, 1.82) is 0 Å². The number of rotatable bonds is 2. The molecule has 0 N–H and O–H groups in total. The van der Waals surface area contributed by atoms with Crippen molar-refractivity contribution in [3.63, 3.8) is 0 Å². The van der Waals surface area contributed by atoms with Gasteiger partial charge in [-0.2, -0.15) is 0 Å². The highest BCUT2D eigenvalue weighted by Gasteiger charge is 2.54. The largest absolute Gasteiger partial charge is 0.467 e. The Hall–Kier alpha value is -2.83. The number of esters is 1. The van der Waals surface area contributed by atoms with Crippen LogP contribution in [-0.4, -0.2) is 27.0 Å². The van der Waals surface area contributed by atoms with Gasteiger partial charge in [-0.25, -0.2) is 28.3 Å². The first-order valence-electron chi connectivity index (χ1n) is 6.90. The standard InChI is InChI=1S/C15H13N3O4/c1-22-12(19)15-8-7-11(9-15)17-13(20)16(14(21)18(15)17)10-5-3-2-4-6-10/h2-8,11H,9H2,1H3/t11-,15+/m0/s1. The molecule has 2 atom stereocenters. The highest BCUT2D eigenvalue weighted by Crippen LogP contribution is 2.42. The molecule has 2 aliphatic rings. The van der Waals surface area contributed by atoms with Crippen molar-refractivity contribution in [2.45, 2.75) is 18.0 Å². The number of para-hydroxylation sites is 1. The van der Waals surface area contributed by atoms with E-state index in [-0.39, 0.29) is 6.04 Å². The molecule has 0 radical (unpaired) electrons. The molecule has 0 fully saturated rings. The summed E-state index contributed by atoms with van der Waals surface area (Å²) in [6, 6.07) is 8.36. The molecule has 0 saturated heterocycles. The Kier molecular flexibility index (Phi) is 2.40. The van der Waals surface area contributed by atoms with Gasteiger partial charge < -0.3 is 4.74 Å². The van der Waals surface area contributed by atoms with Crippen LogP contribution >= 0.6 is 0 Å². The molecule has 1 aromatic carbocycles. The van der Waals surface area contributed by atoms with Crippen LogP contribution < -0.4 is 11.4 Å². The van der Waals surface area contributed by atoms with Crippen molar-refractivity contribution in [3.8, 4) is 5.69 Å². The van der Waals surface area contributed by atoms with Gasteiger partial charge in [0, 0.05) is 6.42 Å². The zero-order valence-corrected chi connectivity index (χ0v) is 11.8. The molecule has 2 bridgehead atoms. The van der Waals surface area contributed by atoms with E-state index in [9.17, 15) is 14.4 Å². The summed E-state index contributed by atoms with van der Waals surface area (Å²) in [4.78, 5) is 37.6. The zero-order chi connectivity index (χ0) is 15.5. The number of hydrogen-bond acceptors (Lipinski definition) is 4. The van der Waals surface area contributed by atoms with E-state index in [1.54, 1.807) is 42.5 Å². The molecule has 2 heterocycles. The predicted molar refractivity (Wildman–Crippen MR) is 77.1 cm³/mol. The van der Waals surface area contributed by atoms with Crippen LogP contribution in [-0.2, 0) is 15.1 Å². The molecule has 7 heteroatoms. The van der Waals surface area contributed by atoms with Gasteiger partial charge in [0.25, 0.3) is 0 Å². The first-order chi connectivity index (χ1) is 10.6. The van der Waals surface area contributed by atoms with Crippen LogP contribution in [0.25, 0.3) is 5.69 Å². The van der Waals surface area contributed by atoms with Crippen LogP contribution in [0.3, 0.4) is 0 Å². The van der Waals surface area contributed by atoms with E-state index in [0.29, 0.717) is 12.1 Å². The Bertz CT molecular complexity index is 918. The molecular weight excluding hydrogens is 286 g/mol. The molecule has 2 aromatic rings. The molecule has 112 valence electrons. The smallest absolute Gasteiger partial charge is 0.353 e. The van der Waals surface area contributed by atoms with Gasteiger partial charge in [-0.15, -0.1) is 0 Å². The van der Waals surface area contributed by atoms with E-state index in [2.05, 4.69) is 0 Å². The topological polar surface area (TPSA) is 75.2 Å². The van der Waals surface area contributed by atoms with Gasteiger partial charge in [0.15, 0.2) is 5.54 Å². The lowest BCUT2D eigenvalue weighted by atomic mass is 10.0. The minimum absolute atomic E-state index is 0.302. The second-order valence-electron chi connectivity index (χ2n) is 5.44. The number of aromatic nitrogens is 3. The molecule has 0 saturated carbocycles. The molecule has 4 rings (SSSR count). The summed E-state index contributed by atoms with van der Waals surface area (Å²) < 4.78 is 8.49. The van der Waals surface area contributed by atoms with E-state index in [1.807, 2.05) is 0 Å². The van der Waals surface area contributed by atoms with E-state index in [0.717, 1.165) is 4.57 Å². The van der Waals surface area contributed by atoms with Gasteiger partial charge >= 0.3 is 17.3 Å². The lowest BCUT2D eigenvalue weighted by molar-refractivity contribution is -0.148. The summed E-state index contributed by atoms with van der Waals surface area (Å²) in [5.41, 5.74) is -1.72. The van der Waals surface area contributed by atoms with Crippen molar-refractivity contribution in [1.82, 2.24) is 13.9 Å². The Labute approximate surface area is 124 Å². The van der Waals surface area contributed by atoms with Crippen molar-refractivity contribution in [2.24, 2.45) is 0 Å². The number of allylic oxidation sites excluding steroid dienone is 1. The number of carbonyl (C=O) groups excluding carboxylic acids is 1. The Morgan fingerprint density at radius 1 is 1.23 bits per heavy atom. The average Bonchev–Trinajstić information content (AvgIpc) is 3.19. The summed E-state index contributed by atoms with van der Waals surface area (Å²) in [7, 11) is 1.28. The highest BCUT2D eigenvalue weighted by molar-refractivity contribution is 5.82. The fraction of sp³-hybridized carbons (Fsp3) is 0.267. The molecule has 1 aromatic heterocycles. The first-order valence-corrected chi connectivity index (χ1v) is 6.90. The molecule has 7 nitrogen and oxygen atoms in total. The number of methoxy groups -OCH3 is 1. The summed E-state index contributed by atoms with van der Waals surface area (Å²) in [6.07, 6.45) is 3.77. The summed E-state index contributed by atoms with van der Waals surface area (Å²) >= 11 is 0. The van der Waals surface area contributed by atoms with Gasteiger partial charge in [-0.1, -0.05) is 24.3 Å². The highest BCUT2D eigenvalue weighted by atomic mass is 16.5. The number of nitrogens with zero attached hydrogens (tertiary/aromatic N) is 3. The van der Waals surface area contributed by atoms with Crippen LogP contribution in [0.1, 0.15) is 12.5 Å². The second kappa shape index (κ2) is 4.09. The van der Waals surface area contributed by atoms with Crippen LogP contribution in [0.2, 0.25) is 0 Å². The lowest BCUT2D eigenvalue weighted by Gasteiger charge is -2.21. The minimum Gasteiger partial charge on any atom is -0.467 e. The fourth-order valence-corrected chi connectivity index (χ4v) is 3.37. The van der Waals surface area contributed by atoms with Crippen LogP contribution in [0, 0.1) is 0 Å². The molecular formula is C15H13N3O4. The number of carbonyl (C=O) groups is 1. The summed E-state index contributed by atoms with van der Waals surface area (Å²) in [5.74, 6) is -0.537. The summed E-state index contributed by atoms with van der Waals surface area (Å²) in [5, 5.41) is 0. The van der Waals surface area contributed by atoms with E-state index in [4.69, 9.17) is 4.74 Å². The maximum Gasteiger partial charge on any atom is 0.353 e. The Morgan fingerprint density at radius 2 is 1.95 bits per heavy atom. The van der Waals surface area contributed by atoms with Crippen LogP contribution in [0.4, 0.5) is 0 Å². The zero-order valence-electron chi connectivity index (χ0n) is 11.8. The number of benzene rings is 1. The summed E-state index contributed by atoms with van der Waals surface area (Å²) in [6.45, 7) is 0. The number of hydrogen-bond donors (Lipinski definition) is 0. The third-order valence-electron chi connectivity index (χ3n) is 4.34. The first kappa shape index (κ1) is 12.9. The SMILES string of the molecule is COC(=O)[C@@]12C=C[C@@H](C1)n1c(=O)n(-c3ccccc3)c(=O)n12. The average molecular weight is 299 g/mol. The Balaban J connectivity index is 2.03. The fourth-order valence-electron chi connectivity index (χ4n) is 3.37. The second-order valence-corrected chi connectivity index (χ2v) is 5.44. The van der Waals surface area contributed by atoms with E-state index in [1.165, 1.54) is 16.5 Å². The predicted octanol–water partition coefficient (Wildman–Crippen LogP) is 0.184. The van der Waals surface area contributed by atoms with Crippen molar-refractivity contribution in [2.75, 3.05) is 7.11 Å². The molecule has 0 spiro atoms.